The maximum atomic E-state index is 12.6. The molecule has 2 N–H and O–H groups in total. The summed E-state index contributed by atoms with van der Waals surface area (Å²) in [7, 11) is 1.69. The minimum absolute atomic E-state index is 0.178. The van der Waals surface area contributed by atoms with Gasteiger partial charge in [-0.3, -0.25) is 9.79 Å². The number of anilines is 1. The number of aromatic nitrogens is 3. The van der Waals surface area contributed by atoms with Crippen LogP contribution in [0.2, 0.25) is 0 Å². The maximum Gasteiger partial charge on any atom is 0.228 e. The molecule has 35 heavy (non-hydrogen) atoms. The summed E-state index contributed by atoms with van der Waals surface area (Å²) < 4.78 is 1.69. The second kappa shape index (κ2) is 9.58. The SMILES string of the molecule is CN=CC(=CN)c1cc(-c2ccc(N3CCN(C(=O)C(C)(C)C)CC3)nc2)c2c(C#N)cnn2c1. The molecule has 0 unspecified atom stereocenters. The Morgan fingerprint density at radius 2 is 1.94 bits per heavy atom. The van der Waals surface area contributed by atoms with Gasteiger partial charge >= 0.3 is 0 Å². The van der Waals surface area contributed by atoms with E-state index in [1.807, 2.05) is 56.3 Å². The average Bonchev–Trinajstić information content (AvgIpc) is 3.29. The van der Waals surface area contributed by atoms with Crippen LogP contribution in [0.5, 0.6) is 0 Å². The van der Waals surface area contributed by atoms with E-state index in [0.29, 0.717) is 24.2 Å². The molecule has 9 heteroatoms. The van der Waals surface area contributed by atoms with Crippen LogP contribution in [0.3, 0.4) is 0 Å². The number of pyridine rings is 2. The topological polar surface area (TPSA) is 116 Å². The number of nitriles is 1. The molecule has 0 atom stereocenters. The molecule has 1 aliphatic heterocycles. The molecule has 0 aliphatic carbocycles. The number of aliphatic imine (C=N–C) groups is 1. The number of carbonyl (C=O) groups is 1. The summed E-state index contributed by atoms with van der Waals surface area (Å²) in [5.74, 6) is 1.04. The van der Waals surface area contributed by atoms with Crippen LogP contribution in [0.4, 0.5) is 5.82 Å². The van der Waals surface area contributed by atoms with Gasteiger partial charge in [0.05, 0.1) is 17.3 Å². The van der Waals surface area contributed by atoms with E-state index in [9.17, 15) is 10.1 Å². The molecular formula is C26H30N8O. The number of fused-ring (bicyclic) bond motifs is 1. The Kier molecular flexibility index (Phi) is 6.56. The molecule has 0 saturated carbocycles. The molecule has 4 rings (SSSR count). The van der Waals surface area contributed by atoms with Gasteiger partial charge < -0.3 is 15.5 Å². The highest BCUT2D eigenvalue weighted by Gasteiger charge is 2.30. The van der Waals surface area contributed by atoms with Crippen molar-refractivity contribution in [1.82, 2.24) is 19.5 Å². The van der Waals surface area contributed by atoms with Crippen LogP contribution in [0.15, 0.2) is 48.0 Å². The predicted octanol–water partition coefficient (Wildman–Crippen LogP) is 2.96. The lowest BCUT2D eigenvalue weighted by Crippen LogP contribution is -2.51. The second-order valence-electron chi connectivity index (χ2n) is 9.55. The highest BCUT2D eigenvalue weighted by Crippen LogP contribution is 2.31. The number of hydrogen-bond acceptors (Lipinski definition) is 7. The number of nitrogens with zero attached hydrogens (tertiary/aromatic N) is 7. The molecule has 3 aromatic rings. The Balaban J connectivity index is 1.64. The Morgan fingerprint density at radius 1 is 1.20 bits per heavy atom. The lowest BCUT2D eigenvalue weighted by Gasteiger charge is -2.38. The predicted molar refractivity (Wildman–Crippen MR) is 138 cm³/mol. The largest absolute Gasteiger partial charge is 0.404 e. The van der Waals surface area contributed by atoms with Crippen LogP contribution in [-0.2, 0) is 4.79 Å². The van der Waals surface area contributed by atoms with Crippen LogP contribution < -0.4 is 10.6 Å². The van der Waals surface area contributed by atoms with Crippen LogP contribution in [0, 0.1) is 16.7 Å². The zero-order chi connectivity index (χ0) is 25.2. The Bertz CT molecular complexity index is 1330. The lowest BCUT2D eigenvalue weighted by molar-refractivity contribution is -0.139. The molecule has 1 amide bonds. The Hall–Kier alpha value is -4.19. The van der Waals surface area contributed by atoms with Gasteiger partial charge in [-0.25, -0.2) is 9.50 Å². The molecule has 9 nitrogen and oxygen atoms in total. The molecule has 0 bridgehead atoms. The number of hydrogen-bond donors (Lipinski definition) is 1. The van der Waals surface area contributed by atoms with Crippen LogP contribution in [0.1, 0.15) is 31.9 Å². The van der Waals surface area contributed by atoms with Gasteiger partial charge in [0, 0.05) is 85.7 Å². The second-order valence-corrected chi connectivity index (χ2v) is 9.55. The van der Waals surface area contributed by atoms with Gasteiger partial charge in [-0.05, 0) is 18.2 Å². The Labute approximate surface area is 205 Å². The van der Waals surface area contributed by atoms with Gasteiger partial charge in [-0.15, -0.1) is 0 Å². The highest BCUT2D eigenvalue weighted by molar-refractivity contribution is 6.10. The van der Waals surface area contributed by atoms with E-state index < -0.39 is 0 Å². The average molecular weight is 471 g/mol. The first-order valence-electron chi connectivity index (χ1n) is 11.5. The first kappa shape index (κ1) is 24.0. The van der Waals surface area contributed by atoms with Gasteiger partial charge in [0.25, 0.3) is 0 Å². The maximum absolute atomic E-state index is 12.6. The minimum atomic E-state index is -0.375. The molecule has 0 aromatic carbocycles. The lowest BCUT2D eigenvalue weighted by atomic mass is 9.94. The third kappa shape index (κ3) is 4.73. The van der Waals surface area contributed by atoms with Crippen molar-refractivity contribution in [2.45, 2.75) is 20.8 Å². The summed E-state index contributed by atoms with van der Waals surface area (Å²) in [4.78, 5) is 25.5. The van der Waals surface area contributed by atoms with E-state index in [0.717, 1.165) is 41.2 Å². The smallest absolute Gasteiger partial charge is 0.228 e. The minimum Gasteiger partial charge on any atom is -0.404 e. The number of amides is 1. The fraction of sp³-hybridized carbons (Fsp3) is 0.346. The molecule has 180 valence electrons. The normalized spacial score (nSPS) is 15.1. The van der Waals surface area contributed by atoms with Crippen LogP contribution in [0.25, 0.3) is 22.2 Å². The van der Waals surface area contributed by atoms with E-state index in [1.54, 1.807) is 24.0 Å². The first-order valence-corrected chi connectivity index (χ1v) is 11.5. The van der Waals surface area contributed by atoms with Crippen molar-refractivity contribution in [3.05, 3.63) is 54.1 Å². The number of piperazine rings is 1. The zero-order valence-corrected chi connectivity index (χ0v) is 20.6. The monoisotopic (exact) mass is 470 g/mol. The molecule has 1 aliphatic rings. The van der Waals surface area contributed by atoms with Crippen molar-refractivity contribution >= 4 is 29.0 Å². The molecule has 0 spiro atoms. The van der Waals surface area contributed by atoms with Crippen molar-refractivity contribution in [2.24, 2.45) is 16.1 Å². The van der Waals surface area contributed by atoms with E-state index in [4.69, 9.17) is 10.7 Å². The van der Waals surface area contributed by atoms with Crippen molar-refractivity contribution in [1.29, 1.82) is 5.26 Å². The molecule has 0 radical (unpaired) electrons. The summed E-state index contributed by atoms with van der Waals surface area (Å²) in [6.07, 6.45) is 8.39. The van der Waals surface area contributed by atoms with Crippen LogP contribution >= 0.6 is 0 Å². The standard InChI is InChI=1S/C26H30N8O/c1-26(2,3)25(35)33-9-7-32(8-10-33)23-6-5-18(15-30-23)22-11-19(20(12-27)14-29-4)17-34-24(22)21(13-28)16-31-34/h5-6,11-12,14-17H,7-10,27H2,1-4H3. The van der Waals surface area contributed by atoms with Gasteiger partial charge in [-0.2, -0.15) is 10.4 Å². The van der Waals surface area contributed by atoms with Gasteiger partial charge in [-0.1, -0.05) is 20.8 Å². The number of allylic oxidation sites excluding steroid dienone is 1. The molecular weight excluding hydrogens is 440 g/mol. The summed E-state index contributed by atoms with van der Waals surface area (Å²) in [6.45, 7) is 8.67. The van der Waals surface area contributed by atoms with Gasteiger partial charge in [0.15, 0.2) is 0 Å². The zero-order valence-electron chi connectivity index (χ0n) is 20.6. The summed E-state index contributed by atoms with van der Waals surface area (Å²) in [6, 6.07) is 8.19. The van der Waals surface area contributed by atoms with E-state index in [1.165, 1.54) is 6.20 Å². The summed E-state index contributed by atoms with van der Waals surface area (Å²) in [5, 5.41) is 14.0. The fourth-order valence-corrected chi connectivity index (χ4v) is 4.28. The summed E-state index contributed by atoms with van der Waals surface area (Å²) in [5.41, 5.74) is 9.93. The molecule has 4 heterocycles. The first-order chi connectivity index (χ1) is 16.8. The van der Waals surface area contributed by atoms with Crippen LogP contribution in [-0.4, -0.2) is 64.8 Å². The third-order valence-electron chi connectivity index (χ3n) is 6.10. The van der Waals surface area contributed by atoms with Crippen molar-refractivity contribution in [3.8, 4) is 17.2 Å². The van der Waals surface area contributed by atoms with Crippen molar-refractivity contribution in [3.63, 3.8) is 0 Å². The quantitative estimate of drug-likeness (QED) is 0.586. The highest BCUT2D eigenvalue weighted by atomic mass is 16.2. The van der Waals surface area contributed by atoms with E-state index >= 15 is 0 Å². The number of rotatable bonds is 4. The van der Waals surface area contributed by atoms with Crippen molar-refractivity contribution < 1.29 is 4.79 Å². The fourth-order valence-electron chi connectivity index (χ4n) is 4.28. The molecule has 1 saturated heterocycles. The van der Waals surface area contributed by atoms with Crippen molar-refractivity contribution in [2.75, 3.05) is 38.1 Å². The van der Waals surface area contributed by atoms with E-state index in [2.05, 4.69) is 21.1 Å². The molecule has 1 fully saturated rings. The molecule has 3 aromatic heterocycles. The number of carbonyl (C=O) groups excluding carboxylic acids is 1. The van der Waals surface area contributed by atoms with Gasteiger partial charge in [0.1, 0.15) is 11.9 Å². The summed E-state index contributed by atoms with van der Waals surface area (Å²) >= 11 is 0. The van der Waals surface area contributed by atoms with E-state index in [-0.39, 0.29) is 11.3 Å². The number of nitrogens with two attached hydrogens (primary N) is 1. The Morgan fingerprint density at radius 3 is 2.51 bits per heavy atom. The van der Waals surface area contributed by atoms with Gasteiger partial charge in [0.2, 0.25) is 5.91 Å². The third-order valence-corrected chi connectivity index (χ3v) is 6.10.